The smallest absolute Gasteiger partial charge is 0.127 e. The molecule has 2 aliphatic rings. The normalized spacial score (nSPS) is 26.9. The fourth-order valence-electron chi connectivity index (χ4n) is 3.54. The average molecular weight is 262 g/mol. The van der Waals surface area contributed by atoms with E-state index in [-0.39, 0.29) is 5.82 Å². The van der Waals surface area contributed by atoms with E-state index in [2.05, 4.69) is 17.1 Å². The van der Waals surface area contributed by atoms with Crippen molar-refractivity contribution in [2.24, 2.45) is 0 Å². The highest BCUT2D eigenvalue weighted by molar-refractivity contribution is 5.17. The van der Waals surface area contributed by atoms with E-state index in [4.69, 9.17) is 0 Å². The molecule has 0 radical (unpaired) electrons. The van der Waals surface area contributed by atoms with E-state index in [1.165, 1.54) is 25.7 Å². The average Bonchev–Trinajstić information content (AvgIpc) is 2.85. The summed E-state index contributed by atoms with van der Waals surface area (Å²) in [6, 6.07) is 7.64. The number of nitrogens with zero attached hydrogens (tertiary/aromatic N) is 1. The van der Waals surface area contributed by atoms with Crippen LogP contribution in [0.1, 0.15) is 38.2 Å². The van der Waals surface area contributed by atoms with Crippen LogP contribution in [0.15, 0.2) is 24.3 Å². The van der Waals surface area contributed by atoms with Crippen LogP contribution in [0, 0.1) is 5.82 Å². The first-order chi connectivity index (χ1) is 9.19. The van der Waals surface area contributed by atoms with Crippen molar-refractivity contribution in [3.8, 4) is 0 Å². The lowest BCUT2D eigenvalue weighted by atomic mass is 9.92. The first-order valence-electron chi connectivity index (χ1n) is 7.41. The lowest BCUT2D eigenvalue weighted by Crippen LogP contribution is -2.62. The molecule has 1 atom stereocenters. The van der Waals surface area contributed by atoms with Crippen molar-refractivity contribution in [2.75, 3.05) is 13.1 Å². The van der Waals surface area contributed by atoms with Crippen LogP contribution in [0.4, 0.5) is 4.39 Å². The van der Waals surface area contributed by atoms with Crippen LogP contribution >= 0.6 is 0 Å². The van der Waals surface area contributed by atoms with Gasteiger partial charge in [-0.3, -0.25) is 4.90 Å². The fourth-order valence-corrected chi connectivity index (χ4v) is 3.54. The van der Waals surface area contributed by atoms with Gasteiger partial charge in [-0.2, -0.15) is 0 Å². The minimum absolute atomic E-state index is 0.0753. The molecule has 1 spiro atoms. The van der Waals surface area contributed by atoms with Gasteiger partial charge in [-0.15, -0.1) is 0 Å². The van der Waals surface area contributed by atoms with Crippen molar-refractivity contribution >= 4 is 0 Å². The second kappa shape index (κ2) is 5.22. The van der Waals surface area contributed by atoms with E-state index in [1.807, 2.05) is 12.1 Å². The molecule has 1 aliphatic carbocycles. The molecule has 1 saturated heterocycles. The van der Waals surface area contributed by atoms with Gasteiger partial charge in [-0.25, -0.2) is 4.39 Å². The van der Waals surface area contributed by atoms with Gasteiger partial charge in [-0.1, -0.05) is 31.0 Å². The molecule has 3 rings (SSSR count). The molecule has 1 saturated carbocycles. The van der Waals surface area contributed by atoms with Crippen molar-refractivity contribution in [3.63, 3.8) is 0 Å². The predicted molar refractivity (Wildman–Crippen MR) is 75.5 cm³/mol. The third-order valence-electron chi connectivity index (χ3n) is 4.79. The zero-order chi connectivity index (χ0) is 13.3. The highest BCUT2D eigenvalue weighted by Crippen LogP contribution is 2.33. The summed E-state index contributed by atoms with van der Waals surface area (Å²) in [5, 5.41) is 3.74. The number of piperazine rings is 1. The van der Waals surface area contributed by atoms with E-state index >= 15 is 0 Å². The molecule has 3 heteroatoms. The van der Waals surface area contributed by atoms with Crippen molar-refractivity contribution in [1.82, 2.24) is 10.2 Å². The van der Waals surface area contributed by atoms with Crippen molar-refractivity contribution in [1.29, 1.82) is 0 Å². The third-order valence-corrected chi connectivity index (χ3v) is 4.79. The molecule has 19 heavy (non-hydrogen) atoms. The van der Waals surface area contributed by atoms with Gasteiger partial charge in [-0.05, 0) is 25.8 Å². The highest BCUT2D eigenvalue weighted by atomic mass is 19.1. The van der Waals surface area contributed by atoms with Crippen LogP contribution in [0.3, 0.4) is 0 Å². The number of hydrogen-bond donors (Lipinski definition) is 1. The number of benzene rings is 1. The van der Waals surface area contributed by atoms with Gasteiger partial charge in [0, 0.05) is 36.8 Å². The van der Waals surface area contributed by atoms with Gasteiger partial charge in [0.2, 0.25) is 0 Å². The quantitative estimate of drug-likeness (QED) is 0.881. The van der Waals surface area contributed by atoms with Crippen LogP contribution in [-0.2, 0) is 6.54 Å². The topological polar surface area (TPSA) is 15.3 Å². The summed E-state index contributed by atoms with van der Waals surface area (Å²) in [5.74, 6) is -0.0753. The van der Waals surface area contributed by atoms with Crippen LogP contribution < -0.4 is 5.32 Å². The Hall–Kier alpha value is -0.930. The summed E-state index contributed by atoms with van der Waals surface area (Å²) in [5.41, 5.74) is 1.13. The lowest BCUT2D eigenvalue weighted by Gasteiger charge is -2.45. The Morgan fingerprint density at radius 3 is 2.79 bits per heavy atom. The van der Waals surface area contributed by atoms with E-state index < -0.39 is 0 Å². The first-order valence-corrected chi connectivity index (χ1v) is 7.41. The maximum absolute atomic E-state index is 13.8. The highest BCUT2D eigenvalue weighted by Gasteiger charge is 2.39. The van der Waals surface area contributed by atoms with Crippen molar-refractivity contribution < 1.29 is 4.39 Å². The Morgan fingerprint density at radius 1 is 1.32 bits per heavy atom. The van der Waals surface area contributed by atoms with E-state index in [0.29, 0.717) is 11.6 Å². The number of nitrogens with one attached hydrogen (secondary N) is 1. The second-order valence-corrected chi connectivity index (χ2v) is 6.21. The van der Waals surface area contributed by atoms with Crippen molar-refractivity contribution in [3.05, 3.63) is 35.6 Å². The summed E-state index contributed by atoms with van der Waals surface area (Å²) < 4.78 is 13.8. The first kappa shape index (κ1) is 13.1. The van der Waals surface area contributed by atoms with Gasteiger partial charge in [0.05, 0.1) is 0 Å². The molecule has 1 heterocycles. The minimum Gasteiger partial charge on any atom is -0.308 e. The molecule has 2 fully saturated rings. The van der Waals surface area contributed by atoms with Crippen LogP contribution in [0.2, 0.25) is 0 Å². The monoisotopic (exact) mass is 262 g/mol. The van der Waals surface area contributed by atoms with Gasteiger partial charge < -0.3 is 5.32 Å². The summed E-state index contributed by atoms with van der Waals surface area (Å²) >= 11 is 0. The van der Waals surface area contributed by atoms with Crippen LogP contribution in [-0.4, -0.2) is 29.6 Å². The van der Waals surface area contributed by atoms with Gasteiger partial charge in [0.1, 0.15) is 5.82 Å². The Labute approximate surface area is 115 Å². The lowest BCUT2D eigenvalue weighted by molar-refractivity contribution is 0.0817. The van der Waals surface area contributed by atoms with Crippen molar-refractivity contribution in [2.45, 2.75) is 50.7 Å². The molecule has 1 aromatic carbocycles. The van der Waals surface area contributed by atoms with Gasteiger partial charge in [0.25, 0.3) is 0 Å². The maximum atomic E-state index is 13.8. The number of halogens is 1. The van der Waals surface area contributed by atoms with Gasteiger partial charge >= 0.3 is 0 Å². The SMILES string of the molecule is CC1CNC2(CCCC2)CN1Cc1ccccc1F. The molecule has 104 valence electrons. The zero-order valence-electron chi connectivity index (χ0n) is 11.7. The van der Waals surface area contributed by atoms with E-state index in [1.54, 1.807) is 12.1 Å². The number of hydrogen-bond acceptors (Lipinski definition) is 2. The van der Waals surface area contributed by atoms with E-state index in [0.717, 1.165) is 25.2 Å². The second-order valence-electron chi connectivity index (χ2n) is 6.21. The van der Waals surface area contributed by atoms with Crippen LogP contribution in [0.25, 0.3) is 0 Å². The fraction of sp³-hybridized carbons (Fsp3) is 0.625. The Morgan fingerprint density at radius 2 is 2.05 bits per heavy atom. The molecule has 0 aromatic heterocycles. The predicted octanol–water partition coefficient (Wildman–Crippen LogP) is 2.93. The van der Waals surface area contributed by atoms with Crippen LogP contribution in [0.5, 0.6) is 0 Å². The summed E-state index contributed by atoms with van der Waals surface area (Å²) in [7, 11) is 0. The molecule has 1 N–H and O–H groups in total. The number of rotatable bonds is 2. The Kier molecular flexibility index (Phi) is 3.59. The van der Waals surface area contributed by atoms with Gasteiger partial charge in [0.15, 0.2) is 0 Å². The Bertz CT molecular complexity index is 440. The maximum Gasteiger partial charge on any atom is 0.127 e. The summed E-state index contributed by atoms with van der Waals surface area (Å²) in [6.45, 7) is 5.05. The molecule has 0 bridgehead atoms. The summed E-state index contributed by atoms with van der Waals surface area (Å²) in [6.07, 6.45) is 5.20. The Balaban J connectivity index is 1.73. The molecular formula is C16H23FN2. The molecule has 1 unspecified atom stereocenters. The largest absolute Gasteiger partial charge is 0.308 e. The summed E-state index contributed by atoms with van der Waals surface area (Å²) in [4.78, 5) is 2.44. The third kappa shape index (κ3) is 2.67. The zero-order valence-corrected chi connectivity index (χ0v) is 11.7. The molecule has 2 nitrogen and oxygen atoms in total. The molecular weight excluding hydrogens is 239 g/mol. The molecule has 1 aliphatic heterocycles. The molecule has 0 amide bonds. The van der Waals surface area contributed by atoms with E-state index in [9.17, 15) is 4.39 Å². The minimum atomic E-state index is -0.0753. The molecule has 1 aromatic rings. The standard InChI is InChI=1S/C16H23FN2/c1-13-10-18-16(8-4-5-9-16)12-19(13)11-14-6-2-3-7-15(14)17/h2-3,6-7,13,18H,4-5,8-12H2,1H3.